The molecule has 0 aliphatic carbocycles. The van der Waals surface area contributed by atoms with E-state index in [2.05, 4.69) is 23.5 Å². The molecule has 0 aliphatic rings. The van der Waals surface area contributed by atoms with Gasteiger partial charge in [0, 0.05) is 11.5 Å². The van der Waals surface area contributed by atoms with Crippen LogP contribution in [0.5, 0.6) is 0 Å². The summed E-state index contributed by atoms with van der Waals surface area (Å²) < 4.78 is 0. The van der Waals surface area contributed by atoms with E-state index in [0.717, 1.165) is 12.0 Å². The second kappa shape index (κ2) is 4.89. The second-order valence-corrected chi connectivity index (χ2v) is 2.36. The van der Waals surface area contributed by atoms with Crippen LogP contribution in [0.25, 0.3) is 10.4 Å². The smallest absolute Gasteiger partial charge is 0.0323 e. The molecular weight excluding hydrogens is 126 g/mol. The monoisotopic (exact) mass is 139 g/mol. The molecule has 56 valence electrons. The highest BCUT2D eigenvalue weighted by Gasteiger charge is 2.03. The first-order valence-electron chi connectivity index (χ1n) is 3.38. The van der Waals surface area contributed by atoms with Gasteiger partial charge in [-0.05, 0) is 24.8 Å². The molecule has 0 heterocycles. The van der Waals surface area contributed by atoms with E-state index in [4.69, 9.17) is 5.53 Å². The van der Waals surface area contributed by atoms with E-state index in [0.29, 0.717) is 12.5 Å². The zero-order valence-corrected chi connectivity index (χ0v) is 6.54. The first-order valence-corrected chi connectivity index (χ1v) is 3.38. The van der Waals surface area contributed by atoms with Crippen molar-refractivity contribution >= 4 is 0 Å². The van der Waals surface area contributed by atoms with E-state index in [-0.39, 0.29) is 0 Å². The minimum atomic E-state index is 0.357. The summed E-state index contributed by atoms with van der Waals surface area (Å²) in [6.45, 7) is 8.36. The summed E-state index contributed by atoms with van der Waals surface area (Å²) in [7, 11) is 0. The van der Waals surface area contributed by atoms with E-state index >= 15 is 0 Å². The van der Waals surface area contributed by atoms with Crippen molar-refractivity contribution in [1.82, 2.24) is 0 Å². The molecule has 3 heteroatoms. The van der Waals surface area contributed by atoms with Crippen molar-refractivity contribution in [2.45, 2.75) is 20.3 Å². The standard InChI is InChI=1S/C7H13N3/c1-4-7(6(2)3)5-9-10-8/h7H,2,4-5H2,1,3H3. The van der Waals surface area contributed by atoms with Crippen LogP contribution in [-0.2, 0) is 0 Å². The van der Waals surface area contributed by atoms with Gasteiger partial charge in [0.2, 0.25) is 0 Å². The number of hydrogen-bond donors (Lipinski definition) is 0. The zero-order valence-electron chi connectivity index (χ0n) is 6.54. The third-order valence-electron chi connectivity index (χ3n) is 1.56. The molecule has 0 saturated heterocycles. The Balaban J connectivity index is 3.82. The molecule has 3 nitrogen and oxygen atoms in total. The van der Waals surface area contributed by atoms with Gasteiger partial charge in [-0.2, -0.15) is 0 Å². The lowest BCUT2D eigenvalue weighted by Gasteiger charge is -2.09. The average molecular weight is 139 g/mol. The Labute approximate surface area is 61.4 Å². The Kier molecular flexibility index (Phi) is 4.42. The molecular formula is C7H13N3. The lowest BCUT2D eigenvalue weighted by Crippen LogP contribution is -2.02. The molecule has 0 aliphatic heterocycles. The molecule has 0 amide bonds. The molecule has 0 aromatic rings. The summed E-state index contributed by atoms with van der Waals surface area (Å²) in [5, 5.41) is 3.48. The summed E-state index contributed by atoms with van der Waals surface area (Å²) in [6.07, 6.45) is 0.994. The van der Waals surface area contributed by atoms with Gasteiger partial charge in [0.25, 0.3) is 0 Å². The van der Waals surface area contributed by atoms with Crippen LogP contribution in [0.15, 0.2) is 17.3 Å². The van der Waals surface area contributed by atoms with Crippen LogP contribution < -0.4 is 0 Å². The molecule has 0 radical (unpaired) electrons. The van der Waals surface area contributed by atoms with E-state index in [9.17, 15) is 0 Å². The Morgan fingerprint density at radius 2 is 2.40 bits per heavy atom. The highest BCUT2D eigenvalue weighted by atomic mass is 15.1. The van der Waals surface area contributed by atoms with Gasteiger partial charge in [-0.15, -0.1) is 0 Å². The van der Waals surface area contributed by atoms with Gasteiger partial charge in [0.1, 0.15) is 0 Å². The van der Waals surface area contributed by atoms with Gasteiger partial charge in [-0.25, -0.2) is 0 Å². The van der Waals surface area contributed by atoms with Crippen molar-refractivity contribution in [2.75, 3.05) is 6.54 Å². The van der Waals surface area contributed by atoms with Crippen LogP contribution >= 0.6 is 0 Å². The lowest BCUT2D eigenvalue weighted by atomic mass is 10.00. The Morgan fingerprint density at radius 3 is 2.70 bits per heavy atom. The molecule has 0 saturated carbocycles. The maximum Gasteiger partial charge on any atom is 0.0323 e. The Morgan fingerprint density at radius 1 is 1.80 bits per heavy atom. The molecule has 1 unspecified atom stereocenters. The summed E-state index contributed by atoms with van der Waals surface area (Å²) in [6, 6.07) is 0. The SMILES string of the molecule is C=C(C)C(CC)CN=[N+]=[N-]. The third-order valence-corrected chi connectivity index (χ3v) is 1.56. The predicted molar refractivity (Wildman–Crippen MR) is 42.6 cm³/mol. The van der Waals surface area contributed by atoms with E-state index in [1.807, 2.05) is 6.92 Å². The number of azide groups is 1. The maximum atomic E-state index is 8.02. The van der Waals surface area contributed by atoms with Gasteiger partial charge in [0.05, 0.1) is 0 Å². The third kappa shape index (κ3) is 3.15. The summed E-state index contributed by atoms with van der Waals surface area (Å²) in [5.41, 5.74) is 9.11. The molecule has 0 N–H and O–H groups in total. The van der Waals surface area contributed by atoms with Crippen LogP contribution in [0, 0.1) is 5.92 Å². The quantitative estimate of drug-likeness (QED) is 0.249. The normalized spacial score (nSPS) is 11.8. The maximum absolute atomic E-state index is 8.02. The van der Waals surface area contributed by atoms with Crippen molar-refractivity contribution in [3.63, 3.8) is 0 Å². The van der Waals surface area contributed by atoms with Crippen LogP contribution in [0.1, 0.15) is 20.3 Å². The highest BCUT2D eigenvalue weighted by Crippen LogP contribution is 2.12. The van der Waals surface area contributed by atoms with Crippen molar-refractivity contribution in [1.29, 1.82) is 0 Å². The largest absolute Gasteiger partial charge is 0.0999 e. The van der Waals surface area contributed by atoms with Gasteiger partial charge < -0.3 is 0 Å². The van der Waals surface area contributed by atoms with Gasteiger partial charge in [-0.1, -0.05) is 24.2 Å². The van der Waals surface area contributed by atoms with E-state index < -0.39 is 0 Å². The predicted octanol–water partition coefficient (Wildman–Crippen LogP) is 2.90. The van der Waals surface area contributed by atoms with Crippen molar-refractivity contribution in [2.24, 2.45) is 11.0 Å². The summed E-state index contributed by atoms with van der Waals surface area (Å²) in [5.74, 6) is 0.357. The number of hydrogen-bond acceptors (Lipinski definition) is 1. The fraction of sp³-hybridized carbons (Fsp3) is 0.714. The van der Waals surface area contributed by atoms with Crippen LogP contribution in [0.4, 0.5) is 0 Å². The number of nitrogens with zero attached hydrogens (tertiary/aromatic N) is 3. The molecule has 0 spiro atoms. The van der Waals surface area contributed by atoms with E-state index in [1.165, 1.54) is 0 Å². The Hall–Kier alpha value is -0.950. The average Bonchev–Trinajstić information content (AvgIpc) is 1.89. The van der Waals surface area contributed by atoms with Crippen LogP contribution in [0.2, 0.25) is 0 Å². The lowest BCUT2D eigenvalue weighted by molar-refractivity contribution is 0.604. The first-order chi connectivity index (χ1) is 4.72. The topological polar surface area (TPSA) is 48.8 Å². The molecule has 0 aromatic heterocycles. The fourth-order valence-corrected chi connectivity index (χ4v) is 0.768. The van der Waals surface area contributed by atoms with Gasteiger partial charge in [-0.3, -0.25) is 0 Å². The van der Waals surface area contributed by atoms with E-state index in [1.54, 1.807) is 0 Å². The molecule has 0 rings (SSSR count). The fourth-order valence-electron chi connectivity index (χ4n) is 0.768. The molecule has 0 aromatic carbocycles. The molecule has 0 bridgehead atoms. The van der Waals surface area contributed by atoms with Crippen molar-refractivity contribution < 1.29 is 0 Å². The zero-order chi connectivity index (χ0) is 7.98. The van der Waals surface area contributed by atoms with Crippen LogP contribution in [-0.4, -0.2) is 6.54 Å². The van der Waals surface area contributed by atoms with Gasteiger partial charge >= 0.3 is 0 Å². The summed E-state index contributed by atoms with van der Waals surface area (Å²) in [4.78, 5) is 2.69. The first kappa shape index (κ1) is 9.05. The minimum absolute atomic E-state index is 0.357. The minimum Gasteiger partial charge on any atom is -0.0999 e. The van der Waals surface area contributed by atoms with Crippen molar-refractivity contribution in [3.8, 4) is 0 Å². The highest BCUT2D eigenvalue weighted by molar-refractivity contribution is 4.96. The van der Waals surface area contributed by atoms with Crippen molar-refractivity contribution in [3.05, 3.63) is 22.6 Å². The van der Waals surface area contributed by atoms with Gasteiger partial charge in [0.15, 0.2) is 0 Å². The number of rotatable bonds is 4. The second-order valence-electron chi connectivity index (χ2n) is 2.36. The molecule has 0 fully saturated rings. The summed E-state index contributed by atoms with van der Waals surface area (Å²) >= 11 is 0. The van der Waals surface area contributed by atoms with Crippen LogP contribution in [0.3, 0.4) is 0 Å². The molecule has 10 heavy (non-hydrogen) atoms. The molecule has 1 atom stereocenters. The Bertz CT molecular complexity index is 156.